The van der Waals surface area contributed by atoms with Crippen molar-refractivity contribution in [1.29, 1.82) is 0 Å². The van der Waals surface area contributed by atoms with E-state index in [1.165, 1.54) is 6.42 Å². The van der Waals surface area contributed by atoms with Gasteiger partial charge in [0.1, 0.15) is 0 Å². The lowest BCUT2D eigenvalue weighted by Gasteiger charge is -2.10. The lowest BCUT2D eigenvalue weighted by molar-refractivity contribution is -0.136. The predicted octanol–water partition coefficient (Wildman–Crippen LogP) is 1.36. The van der Waals surface area contributed by atoms with Crippen molar-refractivity contribution in [3.63, 3.8) is 0 Å². The maximum absolute atomic E-state index is 10.4. The smallest absolute Gasteiger partial charge is 0.307 e. The van der Waals surface area contributed by atoms with Gasteiger partial charge in [0.2, 0.25) is 0 Å². The summed E-state index contributed by atoms with van der Waals surface area (Å²) in [4.78, 5) is 12.7. The first-order valence-corrected chi connectivity index (χ1v) is 4.65. The molecule has 1 N–H and O–H groups in total. The summed E-state index contributed by atoms with van der Waals surface area (Å²) in [6.07, 6.45) is 2.17. The molecule has 1 saturated heterocycles. The average Bonchev–Trinajstić information content (AvgIpc) is 2.33. The molecule has 1 unspecified atom stereocenters. The van der Waals surface area contributed by atoms with Gasteiger partial charge in [-0.3, -0.25) is 4.79 Å². The van der Waals surface area contributed by atoms with Crippen LogP contribution in [0.3, 0.4) is 0 Å². The van der Waals surface area contributed by atoms with Crippen molar-refractivity contribution in [3.05, 3.63) is 12.2 Å². The molecule has 3 heteroatoms. The zero-order valence-corrected chi connectivity index (χ0v) is 8.12. The van der Waals surface area contributed by atoms with Crippen molar-refractivity contribution >= 4 is 5.97 Å². The van der Waals surface area contributed by atoms with Crippen LogP contribution in [0, 0.1) is 5.92 Å². The van der Waals surface area contributed by atoms with Gasteiger partial charge >= 0.3 is 5.97 Å². The molecule has 0 aromatic heterocycles. The monoisotopic (exact) mass is 183 g/mol. The first-order chi connectivity index (χ1) is 6.08. The Kier molecular flexibility index (Phi) is 3.48. The molecule has 13 heavy (non-hydrogen) atoms. The molecule has 0 aromatic rings. The van der Waals surface area contributed by atoms with E-state index in [9.17, 15) is 4.79 Å². The molecular weight excluding hydrogens is 166 g/mol. The van der Waals surface area contributed by atoms with E-state index in [4.69, 9.17) is 5.11 Å². The van der Waals surface area contributed by atoms with Crippen LogP contribution in [-0.4, -0.2) is 36.1 Å². The topological polar surface area (TPSA) is 40.5 Å². The summed E-state index contributed by atoms with van der Waals surface area (Å²) in [6.45, 7) is 6.00. The Bertz CT molecular complexity index is 213. The summed E-state index contributed by atoms with van der Waals surface area (Å²) in [5, 5.41) is 8.54. The highest BCUT2D eigenvalue weighted by molar-refractivity contribution is 5.69. The molecule has 0 amide bonds. The minimum atomic E-state index is -0.767. The van der Waals surface area contributed by atoms with Crippen LogP contribution < -0.4 is 0 Å². The molecule has 1 atom stereocenters. The first-order valence-electron chi connectivity index (χ1n) is 4.65. The number of carbonyl (C=O) groups is 1. The number of rotatable bonds is 4. The van der Waals surface area contributed by atoms with E-state index in [1.54, 1.807) is 0 Å². The normalized spacial score (nSPS) is 23.3. The van der Waals surface area contributed by atoms with Crippen LogP contribution >= 0.6 is 0 Å². The number of nitrogens with zero attached hydrogens (tertiary/aromatic N) is 1. The van der Waals surface area contributed by atoms with E-state index in [-0.39, 0.29) is 6.42 Å². The van der Waals surface area contributed by atoms with Gasteiger partial charge in [-0.1, -0.05) is 12.2 Å². The Hall–Kier alpha value is -0.830. The van der Waals surface area contributed by atoms with Gasteiger partial charge in [-0.15, -0.1) is 0 Å². The molecule has 0 spiro atoms. The molecule has 1 heterocycles. The van der Waals surface area contributed by atoms with E-state index >= 15 is 0 Å². The molecule has 1 aliphatic rings. The number of carboxylic acids is 1. The highest BCUT2D eigenvalue weighted by Crippen LogP contribution is 2.22. The summed E-state index contributed by atoms with van der Waals surface area (Å²) in [5.41, 5.74) is 0.854. The van der Waals surface area contributed by atoms with Gasteiger partial charge in [-0.25, -0.2) is 0 Å². The molecule has 0 saturated carbocycles. The summed E-state index contributed by atoms with van der Waals surface area (Å²) >= 11 is 0. The number of aliphatic carboxylic acids is 1. The fraction of sp³-hybridized carbons (Fsp3) is 0.700. The van der Waals surface area contributed by atoms with Gasteiger partial charge in [0.05, 0.1) is 6.42 Å². The largest absolute Gasteiger partial charge is 0.481 e. The maximum atomic E-state index is 10.4. The highest BCUT2D eigenvalue weighted by atomic mass is 16.4. The SMILES string of the molecule is C=C(CC(=O)O)CC1CCN(C)C1. The van der Waals surface area contributed by atoms with Crippen LogP contribution in [-0.2, 0) is 4.79 Å². The zero-order chi connectivity index (χ0) is 9.84. The van der Waals surface area contributed by atoms with E-state index in [0.29, 0.717) is 5.92 Å². The predicted molar refractivity (Wildman–Crippen MR) is 51.6 cm³/mol. The standard InChI is InChI=1S/C10H17NO2/c1-8(6-10(12)13)5-9-3-4-11(2)7-9/h9H,1,3-7H2,2H3,(H,12,13). The van der Waals surface area contributed by atoms with Crippen LogP contribution in [0.1, 0.15) is 19.3 Å². The third kappa shape index (κ3) is 3.59. The quantitative estimate of drug-likeness (QED) is 0.669. The van der Waals surface area contributed by atoms with Gasteiger partial charge in [0, 0.05) is 6.54 Å². The summed E-state index contributed by atoms with van der Waals surface area (Å²) in [6, 6.07) is 0. The fourth-order valence-corrected chi connectivity index (χ4v) is 1.89. The van der Waals surface area contributed by atoms with Crippen molar-refractivity contribution in [2.24, 2.45) is 5.92 Å². The summed E-state index contributed by atoms with van der Waals surface area (Å²) in [7, 11) is 2.10. The van der Waals surface area contributed by atoms with Crippen LogP contribution in [0.4, 0.5) is 0 Å². The van der Waals surface area contributed by atoms with Crippen LogP contribution in [0.15, 0.2) is 12.2 Å². The summed E-state index contributed by atoms with van der Waals surface area (Å²) < 4.78 is 0. The zero-order valence-electron chi connectivity index (χ0n) is 8.12. The minimum Gasteiger partial charge on any atom is -0.481 e. The molecule has 3 nitrogen and oxygen atoms in total. The Morgan fingerprint density at radius 2 is 2.38 bits per heavy atom. The Labute approximate surface area is 79.0 Å². The van der Waals surface area contributed by atoms with Gasteiger partial charge in [0.15, 0.2) is 0 Å². The summed E-state index contributed by atoms with van der Waals surface area (Å²) in [5.74, 6) is -0.145. The van der Waals surface area contributed by atoms with Crippen molar-refractivity contribution < 1.29 is 9.90 Å². The van der Waals surface area contributed by atoms with Gasteiger partial charge < -0.3 is 10.0 Å². The first kappa shape index (κ1) is 10.3. The van der Waals surface area contributed by atoms with Crippen LogP contribution in [0.25, 0.3) is 0 Å². The fourth-order valence-electron chi connectivity index (χ4n) is 1.89. The average molecular weight is 183 g/mol. The molecular formula is C10H17NO2. The molecule has 1 rings (SSSR count). The van der Waals surface area contributed by atoms with Crippen LogP contribution in [0.2, 0.25) is 0 Å². The van der Waals surface area contributed by atoms with Gasteiger partial charge in [-0.2, -0.15) is 0 Å². The van der Waals surface area contributed by atoms with E-state index in [1.807, 2.05) is 0 Å². The van der Waals surface area contributed by atoms with Gasteiger partial charge in [-0.05, 0) is 32.4 Å². The molecule has 1 aliphatic heterocycles. The number of likely N-dealkylation sites (tertiary alicyclic amines) is 1. The lowest BCUT2D eigenvalue weighted by atomic mass is 9.98. The molecule has 0 aromatic carbocycles. The number of hydrogen-bond donors (Lipinski definition) is 1. The van der Waals surface area contributed by atoms with E-state index in [0.717, 1.165) is 25.1 Å². The third-order valence-electron chi connectivity index (χ3n) is 2.47. The molecule has 0 bridgehead atoms. The second-order valence-electron chi connectivity index (χ2n) is 3.94. The molecule has 74 valence electrons. The van der Waals surface area contributed by atoms with E-state index in [2.05, 4.69) is 18.5 Å². The Balaban J connectivity index is 2.24. The van der Waals surface area contributed by atoms with Gasteiger partial charge in [0.25, 0.3) is 0 Å². The van der Waals surface area contributed by atoms with Crippen molar-refractivity contribution in [2.45, 2.75) is 19.3 Å². The second-order valence-corrected chi connectivity index (χ2v) is 3.94. The molecule has 0 aliphatic carbocycles. The number of carboxylic acid groups (broad SMARTS) is 1. The third-order valence-corrected chi connectivity index (χ3v) is 2.47. The van der Waals surface area contributed by atoms with Crippen molar-refractivity contribution in [2.75, 3.05) is 20.1 Å². The van der Waals surface area contributed by atoms with E-state index < -0.39 is 5.97 Å². The minimum absolute atomic E-state index is 0.125. The maximum Gasteiger partial charge on any atom is 0.307 e. The molecule has 1 fully saturated rings. The highest BCUT2D eigenvalue weighted by Gasteiger charge is 2.20. The molecule has 0 radical (unpaired) electrons. The second kappa shape index (κ2) is 4.42. The Morgan fingerprint density at radius 1 is 1.69 bits per heavy atom. The lowest BCUT2D eigenvalue weighted by Crippen LogP contribution is -2.14. The van der Waals surface area contributed by atoms with Crippen molar-refractivity contribution in [3.8, 4) is 0 Å². The van der Waals surface area contributed by atoms with Crippen LogP contribution in [0.5, 0.6) is 0 Å². The number of hydrogen-bond acceptors (Lipinski definition) is 2. The Morgan fingerprint density at radius 3 is 2.85 bits per heavy atom. The van der Waals surface area contributed by atoms with Crippen molar-refractivity contribution in [1.82, 2.24) is 4.90 Å².